The molecule has 0 aromatic rings. The van der Waals surface area contributed by atoms with E-state index in [1.54, 1.807) is 0 Å². The van der Waals surface area contributed by atoms with Crippen molar-refractivity contribution in [2.75, 3.05) is 39.3 Å². The predicted octanol–water partition coefficient (Wildman–Crippen LogP) is 0.395. The minimum Gasteiger partial charge on any atom is -0.396 e. The summed E-state index contributed by atoms with van der Waals surface area (Å²) in [6.07, 6.45) is 1.32. The van der Waals surface area contributed by atoms with Crippen LogP contribution in [0.15, 0.2) is 0 Å². The second kappa shape index (κ2) is 3.80. The Morgan fingerprint density at radius 2 is 2.07 bits per heavy atom. The fourth-order valence-corrected chi connectivity index (χ4v) is 2.57. The Bertz CT molecular complexity index is 205. The minimum absolute atomic E-state index is 0.0603. The molecular weight excluding hydrogens is 176 g/mol. The molecule has 2 saturated heterocycles. The molecular formula is C11H22N2O. The summed E-state index contributed by atoms with van der Waals surface area (Å²) < 4.78 is 0. The van der Waals surface area contributed by atoms with E-state index in [4.69, 9.17) is 0 Å². The van der Waals surface area contributed by atoms with Gasteiger partial charge in [0.1, 0.15) is 0 Å². The van der Waals surface area contributed by atoms with Crippen LogP contribution < -0.4 is 0 Å². The van der Waals surface area contributed by atoms with E-state index in [1.165, 1.54) is 32.6 Å². The van der Waals surface area contributed by atoms with Gasteiger partial charge in [0.25, 0.3) is 0 Å². The van der Waals surface area contributed by atoms with Crippen LogP contribution in [0.5, 0.6) is 0 Å². The topological polar surface area (TPSA) is 26.7 Å². The number of aliphatic hydroxyl groups is 1. The molecule has 0 amide bonds. The van der Waals surface area contributed by atoms with Crippen LogP contribution in [-0.2, 0) is 0 Å². The van der Waals surface area contributed by atoms with E-state index >= 15 is 0 Å². The molecule has 2 atom stereocenters. The molecule has 0 saturated carbocycles. The second-order valence-corrected chi connectivity index (χ2v) is 5.54. The summed E-state index contributed by atoms with van der Waals surface area (Å²) in [5, 5.41) is 9.26. The lowest BCUT2D eigenvalue weighted by molar-refractivity contribution is 0.0591. The Kier molecular flexibility index (Phi) is 2.82. The van der Waals surface area contributed by atoms with Crippen molar-refractivity contribution in [3.63, 3.8) is 0 Å². The average Bonchev–Trinajstić information content (AvgIpc) is 2.54. The van der Waals surface area contributed by atoms with Crippen LogP contribution in [0.25, 0.3) is 0 Å². The third-order valence-corrected chi connectivity index (χ3v) is 3.53. The Morgan fingerprint density at radius 3 is 2.79 bits per heavy atom. The van der Waals surface area contributed by atoms with Crippen LogP contribution in [0, 0.1) is 5.41 Å². The van der Waals surface area contributed by atoms with Crippen LogP contribution in [0.4, 0.5) is 0 Å². The van der Waals surface area contributed by atoms with Gasteiger partial charge in [-0.15, -0.1) is 0 Å². The average molecular weight is 198 g/mol. The minimum atomic E-state index is 0.0603. The first-order valence-electron chi connectivity index (χ1n) is 5.68. The molecule has 2 fully saturated rings. The first-order valence-corrected chi connectivity index (χ1v) is 5.68. The van der Waals surface area contributed by atoms with E-state index in [0.717, 1.165) is 12.6 Å². The zero-order valence-electron chi connectivity index (χ0n) is 9.37. The first kappa shape index (κ1) is 10.4. The normalized spacial score (nSPS) is 33.6. The second-order valence-electron chi connectivity index (χ2n) is 5.54. The maximum atomic E-state index is 9.26. The molecule has 82 valence electrons. The number of rotatable bonds is 3. The molecule has 2 bridgehead atoms. The molecule has 2 unspecified atom stereocenters. The van der Waals surface area contributed by atoms with E-state index < -0.39 is 0 Å². The maximum absolute atomic E-state index is 9.26. The summed E-state index contributed by atoms with van der Waals surface area (Å²) in [4.78, 5) is 5.12. The van der Waals surface area contributed by atoms with Gasteiger partial charge in [-0.3, -0.25) is 4.90 Å². The van der Waals surface area contributed by atoms with E-state index in [2.05, 4.69) is 23.6 Å². The first-order chi connectivity index (χ1) is 6.61. The number of aliphatic hydroxyl groups excluding tert-OH is 1. The van der Waals surface area contributed by atoms with Gasteiger partial charge in [-0.25, -0.2) is 0 Å². The van der Waals surface area contributed by atoms with Crippen molar-refractivity contribution in [1.29, 1.82) is 0 Å². The van der Waals surface area contributed by atoms with Crippen LogP contribution in [-0.4, -0.2) is 60.3 Å². The van der Waals surface area contributed by atoms with Crippen molar-refractivity contribution >= 4 is 0 Å². The standard InChI is InChI=1S/C11H22N2O/c1-11(2,9-14)8-13-6-5-12-4-3-10(13)7-12/h10,14H,3-9H2,1-2H3. The third kappa shape index (κ3) is 2.10. The Morgan fingerprint density at radius 1 is 1.29 bits per heavy atom. The van der Waals surface area contributed by atoms with Gasteiger partial charge < -0.3 is 10.0 Å². The van der Waals surface area contributed by atoms with Crippen LogP contribution in [0.2, 0.25) is 0 Å². The van der Waals surface area contributed by atoms with Gasteiger partial charge in [-0.1, -0.05) is 13.8 Å². The lowest BCUT2D eigenvalue weighted by Crippen LogP contribution is -2.50. The van der Waals surface area contributed by atoms with Crippen molar-refractivity contribution in [3.05, 3.63) is 0 Å². The van der Waals surface area contributed by atoms with E-state index in [-0.39, 0.29) is 5.41 Å². The van der Waals surface area contributed by atoms with Gasteiger partial charge in [-0.05, 0) is 13.0 Å². The van der Waals surface area contributed by atoms with Gasteiger partial charge in [0, 0.05) is 44.2 Å². The number of fused-ring (bicyclic) bond motifs is 2. The molecule has 3 heteroatoms. The monoisotopic (exact) mass is 198 g/mol. The number of piperazine rings is 1. The molecule has 2 aliphatic heterocycles. The smallest absolute Gasteiger partial charge is 0.0494 e. The van der Waals surface area contributed by atoms with E-state index in [9.17, 15) is 5.11 Å². The third-order valence-electron chi connectivity index (χ3n) is 3.53. The van der Waals surface area contributed by atoms with Crippen molar-refractivity contribution in [1.82, 2.24) is 9.80 Å². The zero-order valence-corrected chi connectivity index (χ0v) is 9.37. The van der Waals surface area contributed by atoms with Crippen molar-refractivity contribution < 1.29 is 5.11 Å². The predicted molar refractivity (Wildman–Crippen MR) is 57.3 cm³/mol. The summed E-state index contributed by atoms with van der Waals surface area (Å²) >= 11 is 0. The highest BCUT2D eigenvalue weighted by Crippen LogP contribution is 2.24. The summed E-state index contributed by atoms with van der Waals surface area (Å²) in [5.41, 5.74) is 0.0603. The number of hydrogen-bond donors (Lipinski definition) is 1. The quantitative estimate of drug-likeness (QED) is 0.711. The maximum Gasteiger partial charge on any atom is 0.0494 e. The molecule has 0 spiro atoms. The van der Waals surface area contributed by atoms with Crippen molar-refractivity contribution in [2.45, 2.75) is 26.3 Å². The molecule has 0 aromatic carbocycles. The number of hydrogen-bond acceptors (Lipinski definition) is 3. The van der Waals surface area contributed by atoms with Gasteiger partial charge >= 0.3 is 0 Å². The Hall–Kier alpha value is -0.120. The van der Waals surface area contributed by atoms with Gasteiger partial charge in [0.2, 0.25) is 0 Å². The molecule has 14 heavy (non-hydrogen) atoms. The molecule has 0 radical (unpaired) electrons. The molecule has 0 aliphatic carbocycles. The highest BCUT2D eigenvalue weighted by atomic mass is 16.3. The SMILES string of the molecule is CC(C)(CO)CN1CCN2CCC1C2. The van der Waals surface area contributed by atoms with Crippen molar-refractivity contribution in [3.8, 4) is 0 Å². The lowest BCUT2D eigenvalue weighted by atomic mass is 9.93. The molecule has 1 N–H and O–H groups in total. The Labute approximate surface area is 86.7 Å². The van der Waals surface area contributed by atoms with E-state index in [1.807, 2.05) is 0 Å². The van der Waals surface area contributed by atoms with Crippen LogP contribution in [0.3, 0.4) is 0 Å². The van der Waals surface area contributed by atoms with Crippen molar-refractivity contribution in [2.24, 2.45) is 5.41 Å². The highest BCUT2D eigenvalue weighted by Gasteiger charge is 2.34. The summed E-state index contributed by atoms with van der Waals surface area (Å²) in [6.45, 7) is 10.6. The van der Waals surface area contributed by atoms with Gasteiger partial charge in [0.05, 0.1) is 0 Å². The summed E-state index contributed by atoms with van der Waals surface area (Å²) in [6, 6.07) is 0.759. The molecule has 3 nitrogen and oxygen atoms in total. The zero-order chi connectivity index (χ0) is 10.2. The summed E-state index contributed by atoms with van der Waals surface area (Å²) in [7, 11) is 0. The summed E-state index contributed by atoms with van der Waals surface area (Å²) in [5.74, 6) is 0. The fourth-order valence-electron chi connectivity index (χ4n) is 2.57. The van der Waals surface area contributed by atoms with Gasteiger partial charge in [0.15, 0.2) is 0 Å². The molecule has 2 rings (SSSR count). The van der Waals surface area contributed by atoms with Gasteiger partial charge in [-0.2, -0.15) is 0 Å². The fraction of sp³-hybridized carbons (Fsp3) is 1.00. The highest BCUT2D eigenvalue weighted by molar-refractivity contribution is 4.90. The Balaban J connectivity index is 1.92. The van der Waals surface area contributed by atoms with Crippen LogP contribution >= 0.6 is 0 Å². The molecule has 2 heterocycles. The molecule has 0 aromatic heterocycles. The van der Waals surface area contributed by atoms with E-state index in [0.29, 0.717) is 6.61 Å². The number of nitrogens with zero attached hydrogens (tertiary/aromatic N) is 2. The lowest BCUT2D eigenvalue weighted by Gasteiger charge is -2.38. The largest absolute Gasteiger partial charge is 0.396 e. The van der Waals surface area contributed by atoms with Crippen LogP contribution in [0.1, 0.15) is 20.3 Å². The molecule has 2 aliphatic rings.